The summed E-state index contributed by atoms with van der Waals surface area (Å²) in [5.74, 6) is 2.06. The number of hydrogen-bond donors (Lipinski definition) is 2. The third kappa shape index (κ3) is 3.99. The van der Waals surface area contributed by atoms with E-state index in [-0.39, 0.29) is 11.9 Å². The lowest BCUT2D eigenvalue weighted by molar-refractivity contribution is -0.116. The molecule has 110 valence electrons. The Morgan fingerprint density at radius 2 is 2.38 bits per heavy atom. The number of carbonyl (C=O) groups is 1. The van der Waals surface area contributed by atoms with Crippen molar-refractivity contribution in [3.05, 3.63) is 24.4 Å². The van der Waals surface area contributed by atoms with E-state index in [0.29, 0.717) is 16.6 Å². The lowest BCUT2D eigenvalue weighted by atomic mass is 10.2. The Bertz CT molecular complexity index is 598. The Morgan fingerprint density at radius 1 is 1.43 bits per heavy atom. The van der Waals surface area contributed by atoms with Crippen LogP contribution < -0.4 is 10.6 Å². The molecule has 0 saturated carbocycles. The van der Waals surface area contributed by atoms with Crippen LogP contribution in [0.25, 0.3) is 10.7 Å². The van der Waals surface area contributed by atoms with Crippen molar-refractivity contribution in [1.82, 2.24) is 20.5 Å². The van der Waals surface area contributed by atoms with E-state index < -0.39 is 0 Å². The van der Waals surface area contributed by atoms with Crippen molar-refractivity contribution in [1.29, 1.82) is 0 Å². The summed E-state index contributed by atoms with van der Waals surface area (Å²) in [4.78, 5) is 16.2. The predicted molar refractivity (Wildman–Crippen MR) is 85.5 cm³/mol. The number of pyridine rings is 1. The van der Waals surface area contributed by atoms with Crippen LogP contribution in [0.5, 0.6) is 0 Å². The summed E-state index contributed by atoms with van der Waals surface area (Å²) in [6, 6.07) is 5.86. The van der Waals surface area contributed by atoms with Gasteiger partial charge in [0, 0.05) is 36.7 Å². The third-order valence-electron chi connectivity index (χ3n) is 2.99. The molecule has 0 radical (unpaired) electrons. The highest BCUT2D eigenvalue weighted by molar-refractivity contribution is 7.99. The molecule has 0 bridgehead atoms. The van der Waals surface area contributed by atoms with Gasteiger partial charge in [-0.05, 0) is 12.1 Å². The summed E-state index contributed by atoms with van der Waals surface area (Å²) in [5.41, 5.74) is 0.765. The molecule has 1 fully saturated rings. The Morgan fingerprint density at radius 3 is 3.14 bits per heavy atom. The van der Waals surface area contributed by atoms with Gasteiger partial charge in [0.25, 0.3) is 0 Å². The van der Waals surface area contributed by atoms with E-state index in [1.54, 1.807) is 6.20 Å². The molecule has 21 heavy (non-hydrogen) atoms. The van der Waals surface area contributed by atoms with Gasteiger partial charge in [-0.15, -0.1) is 10.2 Å². The first-order chi connectivity index (χ1) is 10.3. The molecule has 1 unspecified atom stereocenters. The van der Waals surface area contributed by atoms with Crippen LogP contribution >= 0.6 is 23.1 Å². The molecular weight excluding hydrogens is 306 g/mol. The van der Waals surface area contributed by atoms with E-state index in [9.17, 15) is 4.79 Å². The summed E-state index contributed by atoms with van der Waals surface area (Å²) in [6.07, 6.45) is 2.17. The zero-order valence-corrected chi connectivity index (χ0v) is 12.9. The van der Waals surface area contributed by atoms with Crippen molar-refractivity contribution in [2.45, 2.75) is 12.5 Å². The number of amides is 1. The quantitative estimate of drug-likeness (QED) is 0.891. The molecule has 3 rings (SSSR count). The van der Waals surface area contributed by atoms with Gasteiger partial charge in [0.05, 0.1) is 0 Å². The first kappa shape index (κ1) is 14.4. The second-order valence-electron chi connectivity index (χ2n) is 4.61. The largest absolute Gasteiger partial charge is 0.312 e. The lowest BCUT2D eigenvalue weighted by Gasteiger charge is -2.22. The van der Waals surface area contributed by atoms with E-state index in [1.165, 1.54) is 11.3 Å². The van der Waals surface area contributed by atoms with Crippen molar-refractivity contribution in [2.24, 2.45) is 0 Å². The minimum atomic E-state index is -0.0290. The summed E-state index contributed by atoms with van der Waals surface area (Å²) >= 11 is 3.21. The minimum Gasteiger partial charge on any atom is -0.312 e. The number of nitrogens with zero attached hydrogens (tertiary/aromatic N) is 3. The van der Waals surface area contributed by atoms with Gasteiger partial charge < -0.3 is 10.6 Å². The lowest BCUT2D eigenvalue weighted by Crippen LogP contribution is -2.39. The van der Waals surface area contributed by atoms with Crippen molar-refractivity contribution >= 4 is 34.1 Å². The number of carbonyl (C=O) groups excluding carboxylic acids is 1. The van der Waals surface area contributed by atoms with E-state index in [4.69, 9.17) is 0 Å². The molecule has 0 aromatic carbocycles. The number of nitrogens with one attached hydrogen (secondary N) is 2. The Hall–Kier alpha value is -1.51. The van der Waals surface area contributed by atoms with E-state index in [1.807, 2.05) is 30.0 Å². The second-order valence-corrected chi connectivity index (χ2v) is 6.73. The first-order valence-electron chi connectivity index (χ1n) is 6.67. The van der Waals surface area contributed by atoms with Gasteiger partial charge in [-0.1, -0.05) is 17.4 Å². The standard InChI is InChI=1S/C13H15N5OS2/c19-11(7-9-8-20-6-5-14-9)16-13-18-17-12(21-13)10-3-1-2-4-15-10/h1-4,9,14H,5-8H2,(H,16,18,19). The highest BCUT2D eigenvalue weighted by Crippen LogP contribution is 2.24. The van der Waals surface area contributed by atoms with Gasteiger partial charge in [-0.2, -0.15) is 11.8 Å². The molecule has 1 saturated heterocycles. The molecule has 2 N–H and O–H groups in total. The van der Waals surface area contributed by atoms with Gasteiger partial charge in [0.15, 0.2) is 5.01 Å². The van der Waals surface area contributed by atoms with Crippen molar-refractivity contribution < 1.29 is 4.79 Å². The number of anilines is 1. The Balaban J connectivity index is 1.58. The average molecular weight is 321 g/mol. The van der Waals surface area contributed by atoms with Crippen molar-refractivity contribution in [3.8, 4) is 10.7 Å². The topological polar surface area (TPSA) is 79.8 Å². The first-order valence-corrected chi connectivity index (χ1v) is 8.64. The van der Waals surface area contributed by atoms with Crippen molar-refractivity contribution in [2.75, 3.05) is 23.4 Å². The number of hydrogen-bond acceptors (Lipinski definition) is 7. The van der Waals surface area contributed by atoms with Crippen LogP contribution in [0.15, 0.2) is 24.4 Å². The molecule has 1 aliphatic rings. The summed E-state index contributed by atoms with van der Waals surface area (Å²) < 4.78 is 0. The number of thioether (sulfide) groups is 1. The van der Waals surface area contributed by atoms with Crippen LogP contribution in [-0.2, 0) is 4.79 Å². The monoisotopic (exact) mass is 321 g/mol. The van der Waals surface area contributed by atoms with E-state index in [2.05, 4.69) is 25.8 Å². The normalized spacial score (nSPS) is 18.4. The molecule has 1 amide bonds. The van der Waals surface area contributed by atoms with Crippen LogP contribution in [0.3, 0.4) is 0 Å². The Kier molecular flexibility index (Phi) is 4.79. The van der Waals surface area contributed by atoms with Crippen LogP contribution in [0.1, 0.15) is 6.42 Å². The molecule has 0 spiro atoms. The summed E-state index contributed by atoms with van der Waals surface area (Å²) in [6.45, 7) is 0.964. The van der Waals surface area contributed by atoms with Gasteiger partial charge in [-0.3, -0.25) is 9.78 Å². The SMILES string of the molecule is O=C(CC1CSCCN1)Nc1nnc(-c2ccccn2)s1. The molecule has 8 heteroatoms. The van der Waals surface area contributed by atoms with Crippen LogP contribution in [0.2, 0.25) is 0 Å². The summed E-state index contributed by atoms with van der Waals surface area (Å²) in [5, 5.41) is 15.4. The van der Waals surface area contributed by atoms with Gasteiger partial charge >= 0.3 is 0 Å². The highest BCUT2D eigenvalue weighted by atomic mass is 32.2. The smallest absolute Gasteiger partial charge is 0.227 e. The van der Waals surface area contributed by atoms with E-state index in [0.717, 1.165) is 23.7 Å². The molecule has 6 nitrogen and oxygen atoms in total. The van der Waals surface area contributed by atoms with Gasteiger partial charge in [0.1, 0.15) is 5.69 Å². The van der Waals surface area contributed by atoms with Crippen LogP contribution in [0, 0.1) is 0 Å². The van der Waals surface area contributed by atoms with Crippen LogP contribution in [0.4, 0.5) is 5.13 Å². The fourth-order valence-corrected chi connectivity index (χ4v) is 3.70. The molecule has 2 aromatic heterocycles. The number of aromatic nitrogens is 3. The second kappa shape index (κ2) is 6.97. The molecule has 3 heterocycles. The fraction of sp³-hybridized carbons (Fsp3) is 0.385. The zero-order valence-electron chi connectivity index (χ0n) is 11.3. The molecule has 1 aliphatic heterocycles. The molecule has 0 aliphatic carbocycles. The zero-order chi connectivity index (χ0) is 14.5. The predicted octanol–water partition coefficient (Wildman–Crippen LogP) is 1.63. The maximum absolute atomic E-state index is 12.0. The van der Waals surface area contributed by atoms with Crippen LogP contribution in [-0.4, -0.2) is 45.2 Å². The molecular formula is C13H15N5OS2. The summed E-state index contributed by atoms with van der Waals surface area (Å²) in [7, 11) is 0. The fourth-order valence-electron chi connectivity index (χ4n) is 2.01. The highest BCUT2D eigenvalue weighted by Gasteiger charge is 2.18. The average Bonchev–Trinajstić information content (AvgIpc) is 2.97. The van der Waals surface area contributed by atoms with E-state index >= 15 is 0 Å². The molecule has 2 aromatic rings. The maximum atomic E-state index is 12.0. The minimum absolute atomic E-state index is 0.0290. The molecule has 1 atom stereocenters. The Labute approximate surface area is 130 Å². The van der Waals surface area contributed by atoms with Gasteiger partial charge in [-0.25, -0.2) is 0 Å². The van der Waals surface area contributed by atoms with Crippen molar-refractivity contribution in [3.63, 3.8) is 0 Å². The van der Waals surface area contributed by atoms with Gasteiger partial charge in [0.2, 0.25) is 11.0 Å². The maximum Gasteiger partial charge on any atom is 0.227 e. The third-order valence-corrected chi connectivity index (χ3v) is 4.98. The number of rotatable bonds is 4.